The van der Waals surface area contributed by atoms with Crippen LogP contribution in [0.25, 0.3) is 11.5 Å². The Bertz CT molecular complexity index is 493. The third-order valence-corrected chi connectivity index (χ3v) is 2.87. The molecule has 0 aliphatic carbocycles. The molecule has 0 bridgehead atoms. The van der Waals surface area contributed by atoms with E-state index in [4.69, 9.17) is 4.52 Å². The highest BCUT2D eigenvalue weighted by molar-refractivity contribution is 5.49. The minimum absolute atomic E-state index is 0.495. The molecule has 1 aliphatic heterocycles. The molecule has 0 spiro atoms. The molecule has 7 nitrogen and oxygen atoms in total. The van der Waals surface area contributed by atoms with Crippen molar-refractivity contribution < 1.29 is 4.52 Å². The van der Waals surface area contributed by atoms with Crippen LogP contribution in [0.4, 0.5) is 0 Å². The predicted molar refractivity (Wildman–Crippen MR) is 63.5 cm³/mol. The Morgan fingerprint density at radius 1 is 1.28 bits per heavy atom. The summed E-state index contributed by atoms with van der Waals surface area (Å²) in [4.78, 5) is 6.67. The van der Waals surface area contributed by atoms with Crippen molar-refractivity contribution in [1.82, 2.24) is 30.6 Å². The van der Waals surface area contributed by atoms with Gasteiger partial charge in [-0.25, -0.2) is 0 Å². The van der Waals surface area contributed by atoms with E-state index in [-0.39, 0.29) is 0 Å². The quantitative estimate of drug-likeness (QED) is 0.812. The third-order valence-electron chi connectivity index (χ3n) is 2.87. The summed E-state index contributed by atoms with van der Waals surface area (Å²) in [5.41, 5.74) is 0.795. The Morgan fingerprint density at radius 2 is 2.17 bits per heavy atom. The fraction of sp³-hybridized carbons (Fsp3) is 0.455. The zero-order valence-electron chi connectivity index (χ0n) is 9.91. The van der Waals surface area contributed by atoms with Crippen LogP contribution in [-0.2, 0) is 6.54 Å². The second-order valence-corrected chi connectivity index (χ2v) is 4.17. The first kappa shape index (κ1) is 11.2. The van der Waals surface area contributed by atoms with Gasteiger partial charge in [-0.05, 0) is 6.07 Å². The highest BCUT2D eigenvalue weighted by atomic mass is 16.5. The molecule has 2 aromatic heterocycles. The first-order valence-corrected chi connectivity index (χ1v) is 5.94. The van der Waals surface area contributed by atoms with Gasteiger partial charge in [0.2, 0.25) is 0 Å². The molecule has 2 aromatic rings. The monoisotopic (exact) mass is 246 g/mol. The van der Waals surface area contributed by atoms with E-state index in [1.54, 1.807) is 18.5 Å². The van der Waals surface area contributed by atoms with Gasteiger partial charge >= 0.3 is 0 Å². The van der Waals surface area contributed by atoms with Crippen molar-refractivity contribution in [2.24, 2.45) is 0 Å². The van der Waals surface area contributed by atoms with E-state index in [1.165, 1.54) is 0 Å². The summed E-state index contributed by atoms with van der Waals surface area (Å²) in [6, 6.07) is 1.80. The van der Waals surface area contributed by atoms with E-state index in [1.807, 2.05) is 0 Å². The number of hydrogen-bond donors (Lipinski definition) is 1. The van der Waals surface area contributed by atoms with Crippen LogP contribution in [-0.4, -0.2) is 51.4 Å². The van der Waals surface area contributed by atoms with Crippen molar-refractivity contribution in [2.75, 3.05) is 26.2 Å². The van der Waals surface area contributed by atoms with Crippen LogP contribution in [0.15, 0.2) is 23.0 Å². The molecular formula is C11H14N6O. The molecule has 1 saturated heterocycles. The Morgan fingerprint density at radius 3 is 2.94 bits per heavy atom. The van der Waals surface area contributed by atoms with Gasteiger partial charge in [-0.2, -0.15) is 15.2 Å². The summed E-state index contributed by atoms with van der Waals surface area (Å²) in [5, 5.41) is 14.8. The summed E-state index contributed by atoms with van der Waals surface area (Å²) in [6.07, 6.45) is 3.22. The summed E-state index contributed by atoms with van der Waals surface area (Å²) in [5.74, 6) is 1.21. The fourth-order valence-electron chi connectivity index (χ4n) is 1.92. The maximum atomic E-state index is 5.22. The molecule has 1 N–H and O–H groups in total. The summed E-state index contributed by atoms with van der Waals surface area (Å²) in [6.45, 7) is 4.78. The molecule has 0 amide bonds. The molecule has 0 atom stereocenters. The maximum absolute atomic E-state index is 5.22. The molecule has 1 fully saturated rings. The van der Waals surface area contributed by atoms with Gasteiger partial charge in [0.05, 0.1) is 24.5 Å². The van der Waals surface area contributed by atoms with Gasteiger partial charge in [0.25, 0.3) is 5.89 Å². The van der Waals surface area contributed by atoms with Gasteiger partial charge in [-0.15, -0.1) is 0 Å². The number of piperazine rings is 1. The van der Waals surface area contributed by atoms with Gasteiger partial charge < -0.3 is 9.84 Å². The number of nitrogens with zero attached hydrogens (tertiary/aromatic N) is 5. The molecule has 0 radical (unpaired) electrons. The summed E-state index contributed by atoms with van der Waals surface area (Å²) < 4.78 is 5.22. The number of rotatable bonds is 3. The Kier molecular flexibility index (Phi) is 3.24. The van der Waals surface area contributed by atoms with Crippen LogP contribution in [0.5, 0.6) is 0 Å². The minimum Gasteiger partial charge on any atom is -0.334 e. The summed E-state index contributed by atoms with van der Waals surface area (Å²) >= 11 is 0. The average molecular weight is 246 g/mol. The van der Waals surface area contributed by atoms with Gasteiger partial charge in [0.15, 0.2) is 5.82 Å². The van der Waals surface area contributed by atoms with Gasteiger partial charge in [0, 0.05) is 26.2 Å². The molecule has 3 rings (SSSR count). The molecule has 0 unspecified atom stereocenters. The minimum atomic E-state index is 0.495. The lowest BCUT2D eigenvalue weighted by Crippen LogP contribution is -2.43. The molecule has 1 aliphatic rings. The predicted octanol–water partition coefficient (Wildman–Crippen LogP) is -0.0682. The van der Waals surface area contributed by atoms with Crippen molar-refractivity contribution in [2.45, 2.75) is 6.54 Å². The Labute approximate surface area is 104 Å². The zero-order valence-corrected chi connectivity index (χ0v) is 9.91. The molecule has 0 saturated carbocycles. The van der Waals surface area contributed by atoms with Crippen molar-refractivity contribution in [3.05, 3.63) is 24.3 Å². The van der Waals surface area contributed by atoms with E-state index in [9.17, 15) is 0 Å². The molecule has 0 aromatic carbocycles. The van der Waals surface area contributed by atoms with E-state index in [2.05, 4.69) is 30.6 Å². The van der Waals surface area contributed by atoms with Crippen molar-refractivity contribution in [1.29, 1.82) is 0 Å². The van der Waals surface area contributed by atoms with Crippen LogP contribution < -0.4 is 5.32 Å². The zero-order chi connectivity index (χ0) is 12.2. The van der Waals surface area contributed by atoms with Crippen LogP contribution in [0.2, 0.25) is 0 Å². The second-order valence-electron chi connectivity index (χ2n) is 4.17. The molecule has 94 valence electrons. The summed E-state index contributed by atoms with van der Waals surface area (Å²) in [7, 11) is 0. The first-order chi connectivity index (χ1) is 8.92. The topological polar surface area (TPSA) is 80.0 Å². The largest absolute Gasteiger partial charge is 0.334 e. The van der Waals surface area contributed by atoms with Crippen molar-refractivity contribution in [3.8, 4) is 11.5 Å². The van der Waals surface area contributed by atoms with Crippen molar-refractivity contribution in [3.63, 3.8) is 0 Å². The van der Waals surface area contributed by atoms with Crippen LogP contribution >= 0.6 is 0 Å². The van der Waals surface area contributed by atoms with Crippen LogP contribution in [0.3, 0.4) is 0 Å². The van der Waals surface area contributed by atoms with E-state index < -0.39 is 0 Å². The average Bonchev–Trinajstić information content (AvgIpc) is 2.89. The lowest BCUT2D eigenvalue weighted by Gasteiger charge is -2.25. The lowest BCUT2D eigenvalue weighted by atomic mass is 10.3. The molecular weight excluding hydrogens is 232 g/mol. The van der Waals surface area contributed by atoms with E-state index in [0.29, 0.717) is 11.7 Å². The molecule has 3 heterocycles. The highest BCUT2D eigenvalue weighted by Gasteiger charge is 2.14. The SMILES string of the molecule is c1cc(-c2nc(CN3CCNCC3)no2)cnn1. The highest BCUT2D eigenvalue weighted by Crippen LogP contribution is 2.15. The third kappa shape index (κ3) is 2.52. The fourth-order valence-corrected chi connectivity index (χ4v) is 1.92. The van der Waals surface area contributed by atoms with Gasteiger partial charge in [0.1, 0.15) is 0 Å². The second kappa shape index (κ2) is 5.19. The lowest BCUT2D eigenvalue weighted by molar-refractivity contribution is 0.225. The number of hydrogen-bond acceptors (Lipinski definition) is 7. The standard InChI is InChI=1S/C11H14N6O/c1-2-13-14-7-9(1)11-15-10(16-18-11)8-17-5-3-12-4-6-17/h1-2,7,12H,3-6,8H2. The van der Waals surface area contributed by atoms with Crippen LogP contribution in [0.1, 0.15) is 5.82 Å². The Balaban J connectivity index is 1.69. The number of nitrogens with one attached hydrogen (secondary N) is 1. The number of aromatic nitrogens is 4. The first-order valence-electron chi connectivity index (χ1n) is 5.94. The molecule has 18 heavy (non-hydrogen) atoms. The normalized spacial score (nSPS) is 16.9. The maximum Gasteiger partial charge on any atom is 0.259 e. The van der Waals surface area contributed by atoms with E-state index in [0.717, 1.165) is 38.3 Å². The van der Waals surface area contributed by atoms with Gasteiger partial charge in [-0.3, -0.25) is 4.90 Å². The van der Waals surface area contributed by atoms with E-state index >= 15 is 0 Å². The van der Waals surface area contributed by atoms with Crippen LogP contribution in [0, 0.1) is 0 Å². The molecule has 7 heteroatoms. The smallest absolute Gasteiger partial charge is 0.259 e. The van der Waals surface area contributed by atoms with Gasteiger partial charge in [-0.1, -0.05) is 5.16 Å². The Hall–Kier alpha value is -1.86. The van der Waals surface area contributed by atoms with Crippen molar-refractivity contribution >= 4 is 0 Å².